The van der Waals surface area contributed by atoms with Crippen molar-refractivity contribution in [1.82, 2.24) is 15.6 Å². The van der Waals surface area contributed by atoms with E-state index in [0.717, 1.165) is 12.1 Å². The highest BCUT2D eigenvalue weighted by Crippen LogP contribution is 2.32. The molecule has 7 nitrogen and oxygen atoms in total. The lowest BCUT2D eigenvalue weighted by atomic mass is 9.86. The minimum Gasteiger partial charge on any atom is -0.381 e. The summed E-state index contributed by atoms with van der Waals surface area (Å²) in [5, 5.41) is 8.32. The number of carbonyl (C=O) groups excluding carboxylic acids is 2. The van der Waals surface area contributed by atoms with Crippen LogP contribution in [-0.4, -0.2) is 36.1 Å². The van der Waals surface area contributed by atoms with Crippen LogP contribution in [0.5, 0.6) is 0 Å². The average Bonchev–Trinajstić information content (AvgIpc) is 2.80. The first-order valence-electron chi connectivity index (χ1n) is 10.2. The number of allylic oxidation sites excluding steroid dienone is 2. The Morgan fingerprint density at radius 3 is 2.56 bits per heavy atom. The molecule has 1 unspecified atom stereocenters. The summed E-state index contributed by atoms with van der Waals surface area (Å²) in [6.45, 7) is 1.13. The monoisotopic (exact) mass is 440 g/mol. The molecule has 0 spiro atoms. The molecule has 1 saturated heterocycles. The van der Waals surface area contributed by atoms with Gasteiger partial charge in [-0.2, -0.15) is 0 Å². The van der Waals surface area contributed by atoms with Gasteiger partial charge in [-0.25, -0.2) is 8.78 Å². The van der Waals surface area contributed by atoms with Gasteiger partial charge < -0.3 is 20.7 Å². The predicted molar refractivity (Wildman–Crippen MR) is 114 cm³/mol. The van der Waals surface area contributed by atoms with Crippen LogP contribution >= 0.6 is 0 Å². The molecule has 1 atom stereocenters. The summed E-state index contributed by atoms with van der Waals surface area (Å²) >= 11 is 0. The number of dihydropyridines is 1. The number of aromatic nitrogens is 1. The van der Waals surface area contributed by atoms with Crippen molar-refractivity contribution in [3.8, 4) is 0 Å². The van der Waals surface area contributed by atoms with Gasteiger partial charge in [0.05, 0.1) is 23.0 Å². The number of pyridine rings is 1. The average molecular weight is 440 g/mol. The molecule has 32 heavy (non-hydrogen) atoms. The minimum absolute atomic E-state index is 0.0418. The Labute approximate surface area is 183 Å². The summed E-state index contributed by atoms with van der Waals surface area (Å²) in [4.78, 5) is 30.2. The molecule has 9 heteroatoms. The first-order chi connectivity index (χ1) is 15.5. The van der Waals surface area contributed by atoms with E-state index in [0.29, 0.717) is 26.1 Å². The van der Waals surface area contributed by atoms with Gasteiger partial charge in [-0.3, -0.25) is 14.6 Å². The van der Waals surface area contributed by atoms with Gasteiger partial charge in [0.15, 0.2) is 5.54 Å². The largest absolute Gasteiger partial charge is 0.381 e. The maximum absolute atomic E-state index is 14.6. The van der Waals surface area contributed by atoms with E-state index in [4.69, 9.17) is 4.74 Å². The zero-order valence-corrected chi connectivity index (χ0v) is 17.1. The van der Waals surface area contributed by atoms with E-state index in [1.54, 1.807) is 6.08 Å². The molecule has 0 radical (unpaired) electrons. The molecule has 1 fully saturated rings. The van der Waals surface area contributed by atoms with Crippen molar-refractivity contribution in [2.75, 3.05) is 18.5 Å². The Morgan fingerprint density at radius 1 is 1.12 bits per heavy atom. The predicted octanol–water partition coefficient (Wildman–Crippen LogP) is 2.78. The molecular formula is C23H22F2N4O3. The molecule has 0 saturated carbocycles. The van der Waals surface area contributed by atoms with Crippen molar-refractivity contribution in [2.24, 2.45) is 0 Å². The third-order valence-electron chi connectivity index (χ3n) is 5.45. The topological polar surface area (TPSA) is 92.3 Å². The van der Waals surface area contributed by atoms with Crippen LogP contribution in [0.15, 0.2) is 61.1 Å². The summed E-state index contributed by atoms with van der Waals surface area (Å²) in [5.41, 5.74) is -1.98. The van der Waals surface area contributed by atoms with Crippen LogP contribution in [-0.2, 0) is 15.1 Å². The molecule has 0 bridgehead atoms. The number of nitrogens with one attached hydrogen (secondary N) is 3. The van der Waals surface area contributed by atoms with Crippen LogP contribution in [0, 0.1) is 11.6 Å². The molecule has 4 rings (SSSR count). The lowest BCUT2D eigenvalue weighted by Crippen LogP contribution is -2.50. The summed E-state index contributed by atoms with van der Waals surface area (Å²) < 4.78 is 34.6. The Kier molecular flexibility index (Phi) is 6.27. The molecule has 2 aromatic rings. The summed E-state index contributed by atoms with van der Waals surface area (Å²) in [5.74, 6) is -2.91. The summed E-state index contributed by atoms with van der Waals surface area (Å²) in [7, 11) is 0. The summed E-state index contributed by atoms with van der Waals surface area (Å²) in [6, 6.07) is 4.82. The van der Waals surface area contributed by atoms with Crippen molar-refractivity contribution in [3.05, 3.63) is 83.8 Å². The van der Waals surface area contributed by atoms with E-state index in [1.807, 2.05) is 0 Å². The number of hydrogen-bond acceptors (Lipinski definition) is 5. The highest BCUT2D eigenvalue weighted by molar-refractivity contribution is 6.07. The van der Waals surface area contributed by atoms with Gasteiger partial charge in [0, 0.05) is 25.5 Å². The van der Waals surface area contributed by atoms with Crippen LogP contribution in [0.1, 0.15) is 28.8 Å². The van der Waals surface area contributed by atoms with E-state index in [2.05, 4.69) is 20.9 Å². The molecule has 166 valence electrons. The van der Waals surface area contributed by atoms with E-state index in [1.165, 1.54) is 42.9 Å². The van der Waals surface area contributed by atoms with Crippen LogP contribution < -0.4 is 16.0 Å². The molecule has 1 aromatic heterocycles. The number of halogens is 2. The van der Waals surface area contributed by atoms with Gasteiger partial charge in [0.2, 0.25) is 0 Å². The van der Waals surface area contributed by atoms with Crippen LogP contribution in [0.25, 0.3) is 0 Å². The van der Waals surface area contributed by atoms with Crippen LogP contribution in [0.4, 0.5) is 14.5 Å². The van der Waals surface area contributed by atoms with E-state index >= 15 is 0 Å². The number of carbonyl (C=O) groups is 2. The number of rotatable bonds is 5. The first kappa shape index (κ1) is 21.6. The van der Waals surface area contributed by atoms with Gasteiger partial charge in [-0.1, -0.05) is 12.1 Å². The molecule has 1 aromatic carbocycles. The quantitative estimate of drug-likeness (QED) is 0.665. The number of benzene rings is 1. The maximum Gasteiger partial charge on any atom is 0.259 e. The van der Waals surface area contributed by atoms with Crippen LogP contribution in [0.3, 0.4) is 0 Å². The zero-order valence-electron chi connectivity index (χ0n) is 17.1. The zero-order chi connectivity index (χ0) is 22.6. The minimum atomic E-state index is -1.85. The molecule has 3 heterocycles. The molecule has 3 N–H and O–H groups in total. The van der Waals surface area contributed by atoms with Crippen molar-refractivity contribution < 1.29 is 23.1 Å². The Morgan fingerprint density at radius 2 is 1.88 bits per heavy atom. The first-order valence-corrected chi connectivity index (χ1v) is 10.2. The molecule has 2 aliphatic rings. The number of nitrogens with zero attached hydrogens (tertiary/aromatic N) is 1. The van der Waals surface area contributed by atoms with Crippen molar-refractivity contribution in [2.45, 2.75) is 24.4 Å². The number of anilines is 1. The van der Waals surface area contributed by atoms with Gasteiger partial charge in [0.1, 0.15) is 11.6 Å². The van der Waals surface area contributed by atoms with Gasteiger partial charge in [0.25, 0.3) is 11.8 Å². The SMILES string of the molecule is O=C(NC1CCOCC1)c1ccncc1NC(=O)C1(c2c(F)cccc2F)C=CC=CN1. The smallest absolute Gasteiger partial charge is 0.259 e. The maximum atomic E-state index is 14.6. The Hall–Kier alpha value is -3.59. The fourth-order valence-corrected chi connectivity index (χ4v) is 3.79. The number of ether oxygens (including phenoxy) is 1. The fraction of sp³-hybridized carbons (Fsp3) is 0.261. The Balaban J connectivity index is 1.63. The molecule has 0 aliphatic carbocycles. The molecular weight excluding hydrogens is 418 g/mol. The van der Waals surface area contributed by atoms with Crippen molar-refractivity contribution in [1.29, 1.82) is 0 Å². The number of amides is 2. The van der Waals surface area contributed by atoms with Gasteiger partial charge in [-0.15, -0.1) is 0 Å². The van der Waals surface area contributed by atoms with E-state index < -0.39 is 28.6 Å². The fourth-order valence-electron chi connectivity index (χ4n) is 3.79. The lowest BCUT2D eigenvalue weighted by molar-refractivity contribution is -0.120. The molecule has 2 amide bonds. The third kappa shape index (κ3) is 4.24. The van der Waals surface area contributed by atoms with E-state index in [9.17, 15) is 18.4 Å². The van der Waals surface area contributed by atoms with Crippen molar-refractivity contribution in [3.63, 3.8) is 0 Å². The normalized spacial score (nSPS) is 20.4. The highest BCUT2D eigenvalue weighted by Gasteiger charge is 2.42. The van der Waals surface area contributed by atoms with Gasteiger partial charge in [-0.05, 0) is 49.4 Å². The number of hydrogen-bond donors (Lipinski definition) is 3. The standard InChI is InChI=1S/C23H22F2N4O3/c24-17-4-3-5-18(25)20(17)23(9-1-2-10-27-23)22(31)29-19-14-26-11-6-16(19)21(30)28-15-7-12-32-13-8-15/h1-6,9-11,14-15,27H,7-8,12-13H2,(H,28,30)(H,29,31). The second-order valence-corrected chi connectivity index (χ2v) is 7.50. The second-order valence-electron chi connectivity index (χ2n) is 7.50. The highest BCUT2D eigenvalue weighted by atomic mass is 19.1. The van der Waals surface area contributed by atoms with Crippen LogP contribution in [0.2, 0.25) is 0 Å². The van der Waals surface area contributed by atoms with Gasteiger partial charge >= 0.3 is 0 Å². The Bertz CT molecular complexity index is 1060. The molecule has 2 aliphatic heterocycles. The second kappa shape index (κ2) is 9.27. The van der Waals surface area contributed by atoms with Crippen molar-refractivity contribution >= 4 is 17.5 Å². The van der Waals surface area contributed by atoms with E-state index in [-0.39, 0.29) is 23.2 Å². The lowest BCUT2D eigenvalue weighted by Gasteiger charge is -2.32. The third-order valence-corrected chi connectivity index (χ3v) is 5.45. The summed E-state index contributed by atoms with van der Waals surface area (Å²) in [6.07, 6.45) is 10.0.